The first-order valence-corrected chi connectivity index (χ1v) is 8.74. The van der Waals surface area contributed by atoms with Crippen LogP contribution in [0.1, 0.15) is 11.6 Å². The summed E-state index contributed by atoms with van der Waals surface area (Å²) >= 11 is 12.2. The Balaban J connectivity index is 1.72. The van der Waals surface area contributed by atoms with Gasteiger partial charge < -0.3 is 10.6 Å². The lowest BCUT2D eigenvalue weighted by Crippen LogP contribution is -2.48. The summed E-state index contributed by atoms with van der Waals surface area (Å²) < 4.78 is 13.5. The number of carbonyl (C=O) groups is 1. The molecule has 0 bridgehead atoms. The molecule has 1 aliphatic rings. The van der Waals surface area contributed by atoms with E-state index in [0.717, 1.165) is 12.1 Å². The largest absolute Gasteiger partial charge is 0.322 e. The first-order valence-electron chi connectivity index (χ1n) is 7.98. The van der Waals surface area contributed by atoms with Crippen molar-refractivity contribution in [1.82, 2.24) is 10.2 Å². The van der Waals surface area contributed by atoms with Crippen LogP contribution in [-0.2, 0) is 4.79 Å². The van der Waals surface area contributed by atoms with Crippen LogP contribution in [-0.4, -0.2) is 37.0 Å². The molecule has 0 spiro atoms. The van der Waals surface area contributed by atoms with Gasteiger partial charge in [-0.05, 0) is 29.8 Å². The SMILES string of the molecule is O=C(CN1CCNCC1c1cccc(F)c1)Nc1c(Cl)cccc1Cl. The molecule has 25 heavy (non-hydrogen) atoms. The van der Waals surface area contributed by atoms with Crippen molar-refractivity contribution < 1.29 is 9.18 Å². The van der Waals surface area contributed by atoms with Gasteiger partial charge in [-0.15, -0.1) is 0 Å². The molecule has 0 radical (unpaired) electrons. The van der Waals surface area contributed by atoms with Crippen molar-refractivity contribution in [2.24, 2.45) is 0 Å². The molecule has 1 unspecified atom stereocenters. The highest BCUT2D eigenvalue weighted by atomic mass is 35.5. The fourth-order valence-electron chi connectivity index (χ4n) is 2.96. The Morgan fingerprint density at radius 2 is 1.96 bits per heavy atom. The molecule has 2 aromatic rings. The Kier molecular flexibility index (Phi) is 5.91. The molecule has 0 aliphatic carbocycles. The van der Waals surface area contributed by atoms with Crippen molar-refractivity contribution in [2.45, 2.75) is 6.04 Å². The molecule has 3 rings (SSSR count). The lowest BCUT2D eigenvalue weighted by atomic mass is 10.0. The van der Waals surface area contributed by atoms with Gasteiger partial charge in [0.2, 0.25) is 5.91 Å². The summed E-state index contributed by atoms with van der Waals surface area (Å²) in [6.07, 6.45) is 0. The smallest absolute Gasteiger partial charge is 0.238 e. The zero-order valence-corrected chi connectivity index (χ0v) is 14.9. The second-order valence-corrected chi connectivity index (χ2v) is 6.70. The summed E-state index contributed by atoms with van der Waals surface area (Å²) in [5.74, 6) is -0.492. The van der Waals surface area contributed by atoms with Crippen molar-refractivity contribution >= 4 is 34.8 Å². The lowest BCUT2D eigenvalue weighted by Gasteiger charge is -2.36. The molecule has 1 saturated heterocycles. The second-order valence-electron chi connectivity index (χ2n) is 5.89. The summed E-state index contributed by atoms with van der Waals surface area (Å²) in [6.45, 7) is 2.28. The van der Waals surface area contributed by atoms with Gasteiger partial charge >= 0.3 is 0 Å². The second kappa shape index (κ2) is 8.15. The molecule has 1 amide bonds. The molecule has 2 aromatic carbocycles. The molecule has 4 nitrogen and oxygen atoms in total. The third-order valence-electron chi connectivity index (χ3n) is 4.16. The maximum Gasteiger partial charge on any atom is 0.238 e. The van der Waals surface area contributed by atoms with Crippen molar-refractivity contribution in [2.75, 3.05) is 31.5 Å². The molecular weight excluding hydrogens is 364 g/mol. The average molecular weight is 382 g/mol. The van der Waals surface area contributed by atoms with E-state index in [-0.39, 0.29) is 24.3 Å². The molecule has 2 N–H and O–H groups in total. The van der Waals surface area contributed by atoms with Crippen molar-refractivity contribution in [3.63, 3.8) is 0 Å². The normalized spacial score (nSPS) is 18.1. The van der Waals surface area contributed by atoms with E-state index in [1.807, 2.05) is 11.0 Å². The number of nitrogens with one attached hydrogen (secondary N) is 2. The standard InChI is InChI=1S/C18H18Cl2FN3O/c19-14-5-2-6-15(20)18(14)23-17(25)11-24-8-7-22-10-16(24)12-3-1-4-13(21)9-12/h1-6,9,16,22H,7-8,10-11H2,(H,23,25). The predicted molar refractivity (Wildman–Crippen MR) is 98.7 cm³/mol. The number of hydrogen-bond acceptors (Lipinski definition) is 3. The minimum atomic E-state index is -0.282. The van der Waals surface area contributed by atoms with Crippen LogP contribution in [0.3, 0.4) is 0 Å². The van der Waals surface area contributed by atoms with Crippen LogP contribution >= 0.6 is 23.2 Å². The molecule has 7 heteroatoms. The van der Waals surface area contributed by atoms with E-state index in [9.17, 15) is 9.18 Å². The number of rotatable bonds is 4. The van der Waals surface area contributed by atoms with Crippen LogP contribution in [0.15, 0.2) is 42.5 Å². The van der Waals surface area contributed by atoms with E-state index in [2.05, 4.69) is 10.6 Å². The third-order valence-corrected chi connectivity index (χ3v) is 4.79. The quantitative estimate of drug-likeness (QED) is 0.847. The Hall–Kier alpha value is -1.66. The van der Waals surface area contributed by atoms with Crippen LogP contribution in [0, 0.1) is 5.82 Å². The van der Waals surface area contributed by atoms with Gasteiger partial charge in [0.25, 0.3) is 0 Å². The highest BCUT2D eigenvalue weighted by molar-refractivity contribution is 6.39. The predicted octanol–water partition coefficient (Wildman–Crippen LogP) is 3.72. The van der Waals surface area contributed by atoms with E-state index in [0.29, 0.717) is 28.8 Å². The van der Waals surface area contributed by atoms with E-state index in [4.69, 9.17) is 23.2 Å². The summed E-state index contributed by atoms with van der Waals surface area (Å²) in [7, 11) is 0. The zero-order valence-electron chi connectivity index (χ0n) is 13.4. The van der Waals surface area contributed by atoms with Crippen LogP contribution < -0.4 is 10.6 Å². The summed E-state index contributed by atoms with van der Waals surface area (Å²) in [5, 5.41) is 6.84. The number of nitrogens with zero attached hydrogens (tertiary/aromatic N) is 1. The number of anilines is 1. The molecule has 132 valence electrons. The fraction of sp³-hybridized carbons (Fsp3) is 0.278. The van der Waals surface area contributed by atoms with E-state index in [1.165, 1.54) is 12.1 Å². The Morgan fingerprint density at radius 1 is 1.24 bits per heavy atom. The van der Waals surface area contributed by atoms with E-state index >= 15 is 0 Å². The minimum absolute atomic E-state index is 0.0723. The minimum Gasteiger partial charge on any atom is -0.322 e. The number of para-hydroxylation sites is 1. The molecule has 1 fully saturated rings. The molecule has 1 aliphatic heterocycles. The van der Waals surface area contributed by atoms with Crippen LogP contribution in [0.4, 0.5) is 10.1 Å². The van der Waals surface area contributed by atoms with E-state index < -0.39 is 0 Å². The highest BCUT2D eigenvalue weighted by Crippen LogP contribution is 2.30. The first kappa shape index (κ1) is 18.1. The van der Waals surface area contributed by atoms with Gasteiger partial charge in [-0.1, -0.05) is 41.4 Å². The number of hydrogen-bond donors (Lipinski definition) is 2. The molecule has 0 aromatic heterocycles. The number of amides is 1. The molecular formula is C18H18Cl2FN3O. The van der Waals surface area contributed by atoms with Gasteiger partial charge in [0.15, 0.2) is 0 Å². The maximum atomic E-state index is 13.5. The number of carbonyl (C=O) groups excluding carboxylic acids is 1. The van der Waals surface area contributed by atoms with Gasteiger partial charge in [-0.3, -0.25) is 9.69 Å². The molecule has 1 heterocycles. The summed E-state index contributed by atoms with van der Waals surface area (Å²) in [6, 6.07) is 11.5. The molecule has 1 atom stereocenters. The van der Waals surface area contributed by atoms with Crippen molar-refractivity contribution in [3.8, 4) is 0 Å². The zero-order chi connectivity index (χ0) is 17.8. The maximum absolute atomic E-state index is 13.5. The topological polar surface area (TPSA) is 44.4 Å². The number of benzene rings is 2. The van der Waals surface area contributed by atoms with Crippen molar-refractivity contribution in [1.29, 1.82) is 0 Å². The number of halogens is 3. The Bertz CT molecular complexity index is 751. The third kappa shape index (κ3) is 4.50. The Morgan fingerprint density at radius 3 is 2.68 bits per heavy atom. The summed E-state index contributed by atoms with van der Waals surface area (Å²) in [4.78, 5) is 14.5. The van der Waals surface area contributed by atoms with Gasteiger partial charge in [0.1, 0.15) is 5.82 Å². The first-order chi connectivity index (χ1) is 12.0. The van der Waals surface area contributed by atoms with Gasteiger partial charge in [0.05, 0.1) is 22.3 Å². The average Bonchev–Trinajstić information content (AvgIpc) is 2.59. The van der Waals surface area contributed by atoms with Gasteiger partial charge in [-0.25, -0.2) is 4.39 Å². The monoisotopic (exact) mass is 381 g/mol. The van der Waals surface area contributed by atoms with Gasteiger partial charge in [-0.2, -0.15) is 0 Å². The van der Waals surface area contributed by atoms with Crippen molar-refractivity contribution in [3.05, 3.63) is 63.9 Å². The highest BCUT2D eigenvalue weighted by Gasteiger charge is 2.26. The Labute approximate surface area is 155 Å². The van der Waals surface area contributed by atoms with E-state index in [1.54, 1.807) is 24.3 Å². The fourth-order valence-corrected chi connectivity index (χ4v) is 3.45. The number of piperazine rings is 1. The lowest BCUT2D eigenvalue weighted by molar-refractivity contribution is -0.118. The summed E-state index contributed by atoms with van der Waals surface area (Å²) in [5.41, 5.74) is 1.25. The molecule has 0 saturated carbocycles. The van der Waals surface area contributed by atoms with Crippen LogP contribution in [0.25, 0.3) is 0 Å². The van der Waals surface area contributed by atoms with Gasteiger partial charge in [0, 0.05) is 25.7 Å². The van der Waals surface area contributed by atoms with Crippen LogP contribution in [0.5, 0.6) is 0 Å². The van der Waals surface area contributed by atoms with Crippen LogP contribution in [0.2, 0.25) is 10.0 Å².